The van der Waals surface area contributed by atoms with E-state index >= 15 is 0 Å². The summed E-state index contributed by atoms with van der Waals surface area (Å²) >= 11 is 9.22. The van der Waals surface area contributed by atoms with Gasteiger partial charge in [0.15, 0.2) is 5.69 Å². The molecule has 0 radical (unpaired) electrons. The zero-order valence-electron chi connectivity index (χ0n) is 9.14. The van der Waals surface area contributed by atoms with E-state index in [9.17, 15) is 4.79 Å². The SMILES string of the molecule is O=C(OCc1ccc(Br)c(Cl)c1)c1cnccn1. The zero-order chi connectivity index (χ0) is 13.0. The minimum atomic E-state index is -0.512. The monoisotopic (exact) mass is 326 g/mol. The Morgan fingerprint density at radius 2 is 2.22 bits per heavy atom. The Labute approximate surface area is 117 Å². The van der Waals surface area contributed by atoms with Crippen molar-refractivity contribution in [3.63, 3.8) is 0 Å². The highest BCUT2D eigenvalue weighted by Crippen LogP contribution is 2.23. The quantitative estimate of drug-likeness (QED) is 0.812. The number of halogens is 2. The van der Waals surface area contributed by atoms with Gasteiger partial charge in [-0.05, 0) is 33.6 Å². The van der Waals surface area contributed by atoms with Gasteiger partial charge in [-0.15, -0.1) is 0 Å². The van der Waals surface area contributed by atoms with Crippen molar-refractivity contribution in [1.29, 1.82) is 0 Å². The van der Waals surface area contributed by atoms with Crippen LogP contribution < -0.4 is 0 Å². The topological polar surface area (TPSA) is 52.1 Å². The summed E-state index contributed by atoms with van der Waals surface area (Å²) in [5.41, 5.74) is 0.987. The van der Waals surface area contributed by atoms with Crippen molar-refractivity contribution in [2.45, 2.75) is 6.61 Å². The highest BCUT2D eigenvalue weighted by molar-refractivity contribution is 9.10. The first kappa shape index (κ1) is 13.0. The summed E-state index contributed by atoms with van der Waals surface area (Å²) in [4.78, 5) is 19.3. The number of aromatic nitrogens is 2. The second kappa shape index (κ2) is 5.93. The van der Waals surface area contributed by atoms with Crippen molar-refractivity contribution in [3.05, 3.63) is 57.5 Å². The Balaban J connectivity index is 1.99. The number of ether oxygens (including phenoxy) is 1. The Morgan fingerprint density at radius 1 is 1.39 bits per heavy atom. The Bertz CT molecular complexity index is 563. The normalized spacial score (nSPS) is 10.1. The highest BCUT2D eigenvalue weighted by Gasteiger charge is 2.09. The van der Waals surface area contributed by atoms with E-state index < -0.39 is 5.97 Å². The van der Waals surface area contributed by atoms with Crippen molar-refractivity contribution < 1.29 is 9.53 Å². The first-order valence-electron chi connectivity index (χ1n) is 5.04. The van der Waals surface area contributed by atoms with Crippen LogP contribution in [0.1, 0.15) is 16.1 Å². The van der Waals surface area contributed by atoms with E-state index in [0.717, 1.165) is 10.0 Å². The van der Waals surface area contributed by atoms with Gasteiger partial charge in [0.25, 0.3) is 0 Å². The molecule has 0 amide bonds. The molecule has 0 aliphatic rings. The molecular formula is C12H8BrClN2O2. The minimum absolute atomic E-state index is 0.141. The number of rotatable bonds is 3. The van der Waals surface area contributed by atoms with E-state index in [2.05, 4.69) is 25.9 Å². The average molecular weight is 328 g/mol. The summed E-state index contributed by atoms with van der Waals surface area (Å²) in [6.45, 7) is 0.141. The molecular weight excluding hydrogens is 320 g/mol. The van der Waals surface area contributed by atoms with Crippen LogP contribution in [0.15, 0.2) is 41.3 Å². The van der Waals surface area contributed by atoms with Gasteiger partial charge < -0.3 is 4.74 Å². The molecule has 0 spiro atoms. The van der Waals surface area contributed by atoms with Crippen molar-refractivity contribution in [1.82, 2.24) is 9.97 Å². The lowest BCUT2D eigenvalue weighted by Gasteiger charge is -2.05. The maximum atomic E-state index is 11.6. The minimum Gasteiger partial charge on any atom is -0.456 e. The lowest BCUT2D eigenvalue weighted by molar-refractivity contribution is 0.0465. The molecule has 0 unspecified atom stereocenters. The van der Waals surface area contributed by atoms with Gasteiger partial charge in [-0.2, -0.15) is 0 Å². The molecule has 0 saturated heterocycles. The third-order valence-corrected chi connectivity index (χ3v) is 3.36. The molecule has 0 aliphatic heterocycles. The molecule has 6 heteroatoms. The molecule has 0 bridgehead atoms. The van der Waals surface area contributed by atoms with Gasteiger partial charge in [-0.25, -0.2) is 9.78 Å². The highest BCUT2D eigenvalue weighted by atomic mass is 79.9. The van der Waals surface area contributed by atoms with Crippen LogP contribution in [0.3, 0.4) is 0 Å². The molecule has 0 aliphatic carbocycles. The molecule has 0 saturated carbocycles. The van der Waals surface area contributed by atoms with Gasteiger partial charge in [0, 0.05) is 16.9 Å². The number of esters is 1. The van der Waals surface area contributed by atoms with E-state index in [1.54, 1.807) is 12.1 Å². The van der Waals surface area contributed by atoms with E-state index in [0.29, 0.717) is 5.02 Å². The fourth-order valence-electron chi connectivity index (χ4n) is 1.26. The number of hydrogen-bond donors (Lipinski definition) is 0. The van der Waals surface area contributed by atoms with Crippen LogP contribution >= 0.6 is 27.5 Å². The number of nitrogens with zero attached hydrogens (tertiary/aromatic N) is 2. The summed E-state index contributed by atoms with van der Waals surface area (Å²) < 4.78 is 5.89. The summed E-state index contributed by atoms with van der Waals surface area (Å²) in [6, 6.07) is 5.35. The molecule has 0 atom stereocenters. The summed E-state index contributed by atoms with van der Waals surface area (Å²) in [5, 5.41) is 0.572. The third kappa shape index (κ3) is 3.27. The molecule has 1 heterocycles. The first-order valence-corrected chi connectivity index (χ1v) is 6.21. The first-order chi connectivity index (χ1) is 8.66. The molecule has 0 N–H and O–H groups in total. The number of carbonyl (C=O) groups excluding carboxylic acids is 1. The standard InChI is InChI=1S/C12H8BrClN2O2/c13-9-2-1-8(5-10(9)14)7-18-12(17)11-6-15-3-4-16-11/h1-6H,7H2. The second-order valence-corrected chi connectivity index (χ2v) is 4.68. The molecule has 1 aromatic heterocycles. The smallest absolute Gasteiger partial charge is 0.358 e. The summed E-state index contributed by atoms with van der Waals surface area (Å²) in [5.74, 6) is -0.512. The fraction of sp³-hybridized carbons (Fsp3) is 0.0833. The lowest BCUT2D eigenvalue weighted by atomic mass is 10.2. The van der Waals surface area contributed by atoms with Gasteiger partial charge in [-0.3, -0.25) is 4.98 Å². The van der Waals surface area contributed by atoms with Crippen LogP contribution in [-0.2, 0) is 11.3 Å². The largest absolute Gasteiger partial charge is 0.456 e. The van der Waals surface area contributed by atoms with Crippen molar-refractivity contribution >= 4 is 33.5 Å². The van der Waals surface area contributed by atoms with Crippen molar-refractivity contribution in [3.8, 4) is 0 Å². The molecule has 18 heavy (non-hydrogen) atoms. The van der Waals surface area contributed by atoms with Crippen molar-refractivity contribution in [2.75, 3.05) is 0 Å². The van der Waals surface area contributed by atoms with E-state index in [1.165, 1.54) is 18.6 Å². The van der Waals surface area contributed by atoms with Crippen LogP contribution in [0.2, 0.25) is 5.02 Å². The number of carbonyl (C=O) groups is 1. The fourth-order valence-corrected chi connectivity index (χ4v) is 1.71. The maximum absolute atomic E-state index is 11.6. The maximum Gasteiger partial charge on any atom is 0.358 e. The van der Waals surface area contributed by atoms with Gasteiger partial charge in [0.05, 0.1) is 11.2 Å². The van der Waals surface area contributed by atoms with Crippen LogP contribution in [0.5, 0.6) is 0 Å². The van der Waals surface area contributed by atoms with Crippen molar-refractivity contribution in [2.24, 2.45) is 0 Å². The number of benzene rings is 1. The van der Waals surface area contributed by atoms with Gasteiger partial charge in [0.1, 0.15) is 6.61 Å². The van der Waals surface area contributed by atoms with E-state index in [1.807, 2.05) is 6.07 Å². The Hall–Kier alpha value is -1.46. The molecule has 4 nitrogen and oxygen atoms in total. The van der Waals surface area contributed by atoms with Gasteiger partial charge in [0.2, 0.25) is 0 Å². The van der Waals surface area contributed by atoms with Crippen LogP contribution in [0, 0.1) is 0 Å². The van der Waals surface area contributed by atoms with E-state index in [4.69, 9.17) is 16.3 Å². The Kier molecular flexibility index (Phi) is 4.28. The third-order valence-electron chi connectivity index (χ3n) is 2.13. The molecule has 0 fully saturated rings. The number of hydrogen-bond acceptors (Lipinski definition) is 4. The molecule has 92 valence electrons. The predicted molar refractivity (Wildman–Crippen MR) is 70.3 cm³/mol. The predicted octanol–water partition coefficient (Wildman–Crippen LogP) is 3.25. The Morgan fingerprint density at radius 3 is 2.89 bits per heavy atom. The summed E-state index contributed by atoms with van der Waals surface area (Å²) in [7, 11) is 0. The average Bonchev–Trinajstić information content (AvgIpc) is 2.41. The summed E-state index contributed by atoms with van der Waals surface area (Å²) in [6.07, 6.45) is 4.29. The molecule has 2 aromatic rings. The zero-order valence-corrected chi connectivity index (χ0v) is 11.5. The molecule has 2 rings (SSSR count). The lowest BCUT2D eigenvalue weighted by Crippen LogP contribution is -2.07. The van der Waals surface area contributed by atoms with E-state index in [-0.39, 0.29) is 12.3 Å². The van der Waals surface area contributed by atoms with Gasteiger partial charge in [-0.1, -0.05) is 17.7 Å². The van der Waals surface area contributed by atoms with Crippen LogP contribution in [0.25, 0.3) is 0 Å². The second-order valence-electron chi connectivity index (χ2n) is 3.42. The van der Waals surface area contributed by atoms with Crippen LogP contribution in [0.4, 0.5) is 0 Å². The van der Waals surface area contributed by atoms with Gasteiger partial charge >= 0.3 is 5.97 Å². The van der Waals surface area contributed by atoms with Crippen LogP contribution in [-0.4, -0.2) is 15.9 Å². The molecule has 1 aromatic carbocycles.